The van der Waals surface area contributed by atoms with Gasteiger partial charge in [0.2, 0.25) is 5.91 Å². The van der Waals surface area contributed by atoms with E-state index in [2.05, 4.69) is 5.32 Å². The summed E-state index contributed by atoms with van der Waals surface area (Å²) in [6, 6.07) is 9.37. The maximum absolute atomic E-state index is 12.9. The molecule has 3 rings (SSSR count). The molecule has 28 heavy (non-hydrogen) atoms. The van der Waals surface area contributed by atoms with Gasteiger partial charge in [0.25, 0.3) is 11.6 Å². The van der Waals surface area contributed by atoms with E-state index in [9.17, 15) is 19.7 Å². The molecule has 0 radical (unpaired) electrons. The smallest absolute Gasteiger partial charge is 0.272 e. The lowest BCUT2D eigenvalue weighted by Gasteiger charge is -2.23. The Bertz CT molecular complexity index is 960. The SMILES string of the molecule is Cc1ccc(NC(=O)C2CSCN2C(=O)c2ccc([N+](=O)[O-])c(C)c2)cc1C. The molecule has 1 aliphatic heterocycles. The van der Waals surface area contributed by atoms with Crippen LogP contribution in [0, 0.1) is 30.9 Å². The standard InChI is InChI=1S/C20H21N3O4S/c1-12-4-6-16(9-13(12)2)21-19(24)18-10-28-11-22(18)20(25)15-5-7-17(23(26)27)14(3)8-15/h4-9,18H,10-11H2,1-3H3,(H,21,24). The number of hydrogen-bond donors (Lipinski definition) is 1. The molecular formula is C20H21N3O4S. The lowest BCUT2D eigenvalue weighted by atomic mass is 10.1. The van der Waals surface area contributed by atoms with E-state index in [0.29, 0.717) is 28.4 Å². The second kappa shape index (κ2) is 8.02. The van der Waals surface area contributed by atoms with E-state index in [0.717, 1.165) is 11.1 Å². The number of aryl methyl sites for hydroxylation is 3. The Morgan fingerprint density at radius 2 is 1.86 bits per heavy atom. The van der Waals surface area contributed by atoms with E-state index in [1.807, 2.05) is 32.0 Å². The highest BCUT2D eigenvalue weighted by molar-refractivity contribution is 7.99. The highest BCUT2D eigenvalue weighted by Gasteiger charge is 2.35. The topological polar surface area (TPSA) is 92.6 Å². The third-order valence-electron chi connectivity index (χ3n) is 4.86. The predicted molar refractivity (Wildman–Crippen MR) is 110 cm³/mol. The number of nitrogens with zero attached hydrogens (tertiary/aromatic N) is 2. The van der Waals surface area contributed by atoms with E-state index in [1.165, 1.54) is 34.9 Å². The first-order chi connectivity index (χ1) is 13.3. The van der Waals surface area contributed by atoms with Crippen molar-refractivity contribution in [2.45, 2.75) is 26.8 Å². The van der Waals surface area contributed by atoms with Crippen LogP contribution in [0.2, 0.25) is 0 Å². The molecular weight excluding hydrogens is 378 g/mol. The van der Waals surface area contributed by atoms with Crippen LogP contribution >= 0.6 is 11.8 Å². The largest absolute Gasteiger partial charge is 0.324 e. The molecule has 1 heterocycles. The van der Waals surface area contributed by atoms with Crippen molar-refractivity contribution in [2.24, 2.45) is 0 Å². The summed E-state index contributed by atoms with van der Waals surface area (Å²) >= 11 is 1.51. The van der Waals surface area contributed by atoms with Gasteiger partial charge in [-0.25, -0.2) is 0 Å². The van der Waals surface area contributed by atoms with Gasteiger partial charge in [0.05, 0.1) is 10.8 Å². The van der Waals surface area contributed by atoms with Crippen molar-refractivity contribution >= 4 is 35.0 Å². The van der Waals surface area contributed by atoms with E-state index in [-0.39, 0.29) is 17.5 Å². The average Bonchev–Trinajstić information content (AvgIpc) is 3.13. The number of benzene rings is 2. The van der Waals surface area contributed by atoms with Gasteiger partial charge < -0.3 is 10.2 Å². The summed E-state index contributed by atoms with van der Waals surface area (Å²) in [5, 5.41) is 13.9. The third kappa shape index (κ3) is 4.01. The van der Waals surface area contributed by atoms with Gasteiger partial charge in [0, 0.05) is 28.6 Å². The minimum Gasteiger partial charge on any atom is -0.324 e. The number of thioether (sulfide) groups is 1. The Morgan fingerprint density at radius 1 is 1.11 bits per heavy atom. The first kappa shape index (κ1) is 19.9. The number of amides is 2. The van der Waals surface area contributed by atoms with Crippen molar-refractivity contribution in [3.63, 3.8) is 0 Å². The Morgan fingerprint density at radius 3 is 2.50 bits per heavy atom. The molecule has 1 N–H and O–H groups in total. The average molecular weight is 399 g/mol. The van der Waals surface area contributed by atoms with Gasteiger partial charge in [-0.15, -0.1) is 11.8 Å². The van der Waals surface area contributed by atoms with Crippen LogP contribution in [0.4, 0.5) is 11.4 Å². The summed E-state index contributed by atoms with van der Waals surface area (Å²) in [6.45, 7) is 5.57. The molecule has 1 atom stereocenters. The number of rotatable bonds is 4. The highest BCUT2D eigenvalue weighted by atomic mass is 32.2. The molecule has 2 aromatic rings. The Kier molecular flexibility index (Phi) is 5.69. The van der Waals surface area contributed by atoms with Gasteiger partial charge in [-0.05, 0) is 56.2 Å². The van der Waals surface area contributed by atoms with Crippen molar-refractivity contribution in [2.75, 3.05) is 16.9 Å². The minimum atomic E-state index is -0.588. The summed E-state index contributed by atoms with van der Waals surface area (Å²) in [4.78, 5) is 37.7. The highest BCUT2D eigenvalue weighted by Crippen LogP contribution is 2.26. The zero-order chi connectivity index (χ0) is 20.4. The molecule has 2 amide bonds. The Balaban J connectivity index is 1.77. The van der Waals surface area contributed by atoms with E-state index in [1.54, 1.807) is 6.92 Å². The summed E-state index contributed by atoms with van der Waals surface area (Å²) in [5.74, 6) is 0.373. The predicted octanol–water partition coefficient (Wildman–Crippen LogP) is 3.67. The van der Waals surface area contributed by atoms with Crippen LogP contribution in [0.25, 0.3) is 0 Å². The summed E-state index contributed by atoms with van der Waals surface area (Å²) in [7, 11) is 0. The molecule has 1 saturated heterocycles. The lowest BCUT2D eigenvalue weighted by Crippen LogP contribution is -2.44. The van der Waals surface area contributed by atoms with E-state index < -0.39 is 11.0 Å². The molecule has 7 nitrogen and oxygen atoms in total. The van der Waals surface area contributed by atoms with Crippen molar-refractivity contribution in [1.82, 2.24) is 4.90 Å². The number of nitrogens with one attached hydrogen (secondary N) is 1. The fourth-order valence-electron chi connectivity index (χ4n) is 3.06. The van der Waals surface area contributed by atoms with Crippen molar-refractivity contribution < 1.29 is 14.5 Å². The van der Waals surface area contributed by atoms with E-state index in [4.69, 9.17) is 0 Å². The normalized spacial score (nSPS) is 16.1. The van der Waals surface area contributed by atoms with Crippen LogP contribution in [-0.4, -0.2) is 39.3 Å². The molecule has 2 aromatic carbocycles. The van der Waals surface area contributed by atoms with Gasteiger partial charge in [0.1, 0.15) is 6.04 Å². The molecule has 0 aromatic heterocycles. The minimum absolute atomic E-state index is 0.0311. The summed E-state index contributed by atoms with van der Waals surface area (Å²) < 4.78 is 0. The number of hydrogen-bond acceptors (Lipinski definition) is 5. The number of nitro groups is 1. The number of anilines is 1. The monoisotopic (exact) mass is 399 g/mol. The Hall–Kier alpha value is -2.87. The second-order valence-electron chi connectivity index (χ2n) is 6.84. The van der Waals surface area contributed by atoms with Crippen molar-refractivity contribution in [3.8, 4) is 0 Å². The molecule has 0 saturated carbocycles. The maximum Gasteiger partial charge on any atom is 0.272 e. The van der Waals surface area contributed by atoms with Crippen LogP contribution < -0.4 is 5.32 Å². The zero-order valence-corrected chi connectivity index (χ0v) is 16.7. The lowest BCUT2D eigenvalue weighted by molar-refractivity contribution is -0.385. The van der Waals surface area contributed by atoms with Crippen molar-refractivity contribution in [1.29, 1.82) is 0 Å². The molecule has 0 bridgehead atoms. The molecule has 8 heteroatoms. The zero-order valence-electron chi connectivity index (χ0n) is 15.9. The van der Waals surface area contributed by atoms with Gasteiger partial charge in [-0.3, -0.25) is 19.7 Å². The first-order valence-electron chi connectivity index (χ1n) is 8.80. The molecule has 1 fully saturated rings. The summed E-state index contributed by atoms with van der Waals surface area (Å²) in [5.41, 5.74) is 3.64. The third-order valence-corrected chi connectivity index (χ3v) is 5.87. The fourth-order valence-corrected chi connectivity index (χ4v) is 4.22. The van der Waals surface area contributed by atoms with Gasteiger partial charge >= 0.3 is 0 Å². The Labute approximate surface area is 167 Å². The number of carbonyl (C=O) groups is 2. The van der Waals surface area contributed by atoms with Gasteiger partial charge in [-0.1, -0.05) is 6.07 Å². The fraction of sp³-hybridized carbons (Fsp3) is 0.300. The van der Waals surface area contributed by atoms with Crippen LogP contribution in [0.1, 0.15) is 27.0 Å². The van der Waals surface area contributed by atoms with Crippen LogP contribution in [-0.2, 0) is 4.79 Å². The first-order valence-corrected chi connectivity index (χ1v) is 9.95. The molecule has 0 spiro atoms. The number of carbonyl (C=O) groups excluding carboxylic acids is 2. The number of nitro benzene ring substituents is 1. The maximum atomic E-state index is 12.9. The molecule has 1 aliphatic rings. The van der Waals surface area contributed by atoms with Gasteiger partial charge in [0.15, 0.2) is 0 Å². The van der Waals surface area contributed by atoms with Crippen molar-refractivity contribution in [3.05, 3.63) is 68.8 Å². The summed E-state index contributed by atoms with van der Waals surface area (Å²) in [6.07, 6.45) is 0. The van der Waals surface area contributed by atoms with Crippen LogP contribution in [0.5, 0.6) is 0 Å². The molecule has 0 aliphatic carbocycles. The van der Waals surface area contributed by atoms with Crippen LogP contribution in [0.3, 0.4) is 0 Å². The molecule has 1 unspecified atom stereocenters. The van der Waals surface area contributed by atoms with Crippen LogP contribution in [0.15, 0.2) is 36.4 Å². The second-order valence-corrected chi connectivity index (χ2v) is 7.84. The quantitative estimate of drug-likeness (QED) is 0.625. The molecule has 146 valence electrons. The van der Waals surface area contributed by atoms with Gasteiger partial charge in [-0.2, -0.15) is 0 Å². The van der Waals surface area contributed by atoms with E-state index >= 15 is 0 Å².